The second kappa shape index (κ2) is 7.06. The Hall–Kier alpha value is -1.67. The van der Waals surface area contributed by atoms with Gasteiger partial charge >= 0.3 is 0 Å². The second-order valence-electron chi connectivity index (χ2n) is 6.25. The minimum absolute atomic E-state index is 0.571. The van der Waals surface area contributed by atoms with Gasteiger partial charge in [0.05, 0.1) is 12.8 Å². The molecule has 1 aliphatic rings. The number of hydrogen-bond acceptors (Lipinski definition) is 2. The molecule has 2 aromatic carbocycles. The minimum Gasteiger partial charge on any atom is -0.495 e. The highest BCUT2D eigenvalue weighted by Gasteiger charge is 2.46. The van der Waals surface area contributed by atoms with Crippen molar-refractivity contribution in [1.29, 1.82) is 0 Å². The first-order valence-electron chi connectivity index (χ1n) is 7.54. The molecule has 0 spiro atoms. The molecule has 1 fully saturated rings. The van der Waals surface area contributed by atoms with E-state index in [0.29, 0.717) is 10.4 Å². The summed E-state index contributed by atoms with van der Waals surface area (Å²) in [7, 11) is 3.46. The minimum atomic E-state index is 0.571. The van der Waals surface area contributed by atoms with Gasteiger partial charge < -0.3 is 10.1 Å². The molecule has 1 N–H and O–H groups in total. The third-order valence-corrected chi connectivity index (χ3v) is 4.38. The highest BCUT2D eigenvalue weighted by atomic mass is 35.5. The van der Waals surface area contributed by atoms with Crippen molar-refractivity contribution in [3.05, 3.63) is 59.1 Å². The number of halogens is 1. The maximum absolute atomic E-state index is 5.76. The third kappa shape index (κ3) is 4.17. The van der Waals surface area contributed by atoms with Crippen LogP contribution in [0.2, 0.25) is 5.02 Å². The zero-order valence-corrected chi connectivity index (χ0v) is 14.4. The molecule has 0 aliphatic heterocycles. The van der Waals surface area contributed by atoms with Gasteiger partial charge in [-0.3, -0.25) is 0 Å². The van der Waals surface area contributed by atoms with Crippen molar-refractivity contribution in [3.8, 4) is 5.75 Å². The number of benzene rings is 2. The topological polar surface area (TPSA) is 21.3 Å². The van der Waals surface area contributed by atoms with Crippen molar-refractivity contribution in [2.75, 3.05) is 19.5 Å². The average Bonchev–Trinajstić information content (AvgIpc) is 3.17. The first-order valence-corrected chi connectivity index (χ1v) is 7.92. The van der Waals surface area contributed by atoms with Crippen LogP contribution in [0, 0.1) is 5.41 Å². The Labute approximate surface area is 138 Å². The summed E-state index contributed by atoms with van der Waals surface area (Å²) in [6, 6.07) is 16.3. The Morgan fingerprint density at radius 1 is 1.14 bits per heavy atom. The smallest absolute Gasteiger partial charge is 0.142 e. The number of anilines is 1. The van der Waals surface area contributed by atoms with Gasteiger partial charge in [0.15, 0.2) is 0 Å². The summed E-state index contributed by atoms with van der Waals surface area (Å²) in [5.41, 5.74) is 2.99. The second-order valence-corrected chi connectivity index (χ2v) is 6.69. The van der Waals surface area contributed by atoms with Crippen molar-refractivity contribution in [2.24, 2.45) is 5.41 Å². The largest absolute Gasteiger partial charge is 0.495 e. The summed E-state index contributed by atoms with van der Waals surface area (Å²) in [5, 5.41) is 3.68. The first-order chi connectivity index (χ1) is 10.5. The summed E-state index contributed by atoms with van der Waals surface area (Å²) < 4.78 is 5.07. The van der Waals surface area contributed by atoms with Crippen LogP contribution in [0.25, 0.3) is 0 Å². The number of hydrogen-bond donors (Lipinski definition) is 1. The van der Waals surface area contributed by atoms with E-state index in [1.54, 1.807) is 13.2 Å². The molecule has 22 heavy (non-hydrogen) atoms. The fourth-order valence-corrected chi connectivity index (χ4v) is 2.77. The molecule has 1 aliphatic carbocycles. The van der Waals surface area contributed by atoms with Crippen molar-refractivity contribution in [1.82, 2.24) is 0 Å². The van der Waals surface area contributed by atoms with E-state index in [1.807, 2.05) is 19.2 Å². The summed E-state index contributed by atoms with van der Waals surface area (Å²) >= 11 is 5.76. The maximum atomic E-state index is 5.76. The molecule has 1 atom stereocenters. The molecule has 2 aromatic rings. The fraction of sp³-hybridized carbons (Fsp3) is 0.368. The van der Waals surface area contributed by atoms with Gasteiger partial charge in [0.1, 0.15) is 5.75 Å². The van der Waals surface area contributed by atoms with Crippen LogP contribution >= 0.6 is 11.6 Å². The van der Waals surface area contributed by atoms with Gasteiger partial charge in [0.25, 0.3) is 0 Å². The molecule has 0 bridgehead atoms. The molecule has 0 radical (unpaired) electrons. The van der Waals surface area contributed by atoms with E-state index in [1.165, 1.54) is 12.0 Å². The van der Waals surface area contributed by atoms with Gasteiger partial charge in [-0.15, -0.1) is 0 Å². The number of ether oxygens (including phenoxy) is 1. The molecule has 0 heterocycles. The molecular weight excluding hydrogens is 294 g/mol. The first kappa shape index (κ1) is 16.7. The lowest BCUT2D eigenvalue weighted by Gasteiger charge is -2.06. The lowest BCUT2D eigenvalue weighted by molar-refractivity contribution is 0.416. The molecule has 2 nitrogen and oxygen atoms in total. The van der Waals surface area contributed by atoms with Crippen LogP contribution in [-0.2, 0) is 0 Å². The Kier molecular flexibility index (Phi) is 5.36. The standard InChI is InChI=1S/C11H14.C8H10ClNO/c1-11(2)8-10(11)9-6-4-3-5-7-9;1-10-7-5-6(9)3-4-8(7)11-2/h3-7,10H,8H2,1-2H3;3-5,10H,1-2H3. The molecule has 3 rings (SSSR count). The summed E-state index contributed by atoms with van der Waals surface area (Å²) in [5.74, 6) is 1.63. The number of methoxy groups -OCH3 is 1. The van der Waals surface area contributed by atoms with E-state index in [2.05, 4.69) is 49.5 Å². The van der Waals surface area contributed by atoms with E-state index < -0.39 is 0 Å². The fourth-order valence-electron chi connectivity index (χ4n) is 2.60. The lowest BCUT2D eigenvalue weighted by atomic mass is 10.0. The third-order valence-electron chi connectivity index (χ3n) is 4.15. The predicted octanol–water partition coefficient (Wildman–Crippen LogP) is 5.59. The van der Waals surface area contributed by atoms with Crippen LogP contribution < -0.4 is 10.1 Å². The van der Waals surface area contributed by atoms with Crippen LogP contribution in [-0.4, -0.2) is 14.2 Å². The van der Waals surface area contributed by atoms with Gasteiger partial charge in [0.2, 0.25) is 0 Å². The van der Waals surface area contributed by atoms with E-state index in [9.17, 15) is 0 Å². The SMILES string of the molecule is CC1(C)CC1c1ccccc1.CNc1cc(Cl)ccc1OC. The van der Waals surface area contributed by atoms with Gasteiger partial charge in [-0.1, -0.05) is 55.8 Å². The molecule has 0 saturated heterocycles. The van der Waals surface area contributed by atoms with E-state index in [-0.39, 0.29) is 0 Å². The van der Waals surface area contributed by atoms with Gasteiger partial charge in [-0.25, -0.2) is 0 Å². The van der Waals surface area contributed by atoms with E-state index in [4.69, 9.17) is 16.3 Å². The van der Waals surface area contributed by atoms with Crippen LogP contribution in [0.5, 0.6) is 5.75 Å². The molecule has 0 amide bonds. The summed E-state index contributed by atoms with van der Waals surface area (Å²) in [6.07, 6.45) is 1.36. The summed E-state index contributed by atoms with van der Waals surface area (Å²) in [6.45, 7) is 4.68. The normalized spacial score (nSPS) is 18.0. The maximum Gasteiger partial charge on any atom is 0.142 e. The lowest BCUT2D eigenvalue weighted by Crippen LogP contribution is -1.92. The molecule has 3 heteroatoms. The zero-order valence-electron chi connectivity index (χ0n) is 13.7. The van der Waals surface area contributed by atoms with E-state index >= 15 is 0 Å². The van der Waals surface area contributed by atoms with Gasteiger partial charge in [-0.05, 0) is 41.5 Å². The van der Waals surface area contributed by atoms with Gasteiger partial charge in [0, 0.05) is 12.1 Å². The van der Waals surface area contributed by atoms with E-state index in [0.717, 1.165) is 17.4 Å². The molecule has 118 valence electrons. The quantitative estimate of drug-likeness (QED) is 0.796. The van der Waals surface area contributed by atoms with Crippen molar-refractivity contribution < 1.29 is 4.74 Å². The molecular formula is C19H24ClNO. The Morgan fingerprint density at radius 3 is 2.27 bits per heavy atom. The van der Waals surface area contributed by atoms with Crippen LogP contribution in [0.4, 0.5) is 5.69 Å². The van der Waals surface area contributed by atoms with Gasteiger partial charge in [-0.2, -0.15) is 0 Å². The predicted molar refractivity (Wildman–Crippen MR) is 95.1 cm³/mol. The molecule has 0 aromatic heterocycles. The number of nitrogens with one attached hydrogen (secondary N) is 1. The average molecular weight is 318 g/mol. The molecule has 1 unspecified atom stereocenters. The monoisotopic (exact) mass is 317 g/mol. The molecule has 1 saturated carbocycles. The summed E-state index contributed by atoms with van der Waals surface area (Å²) in [4.78, 5) is 0. The zero-order chi connectivity index (χ0) is 16.2. The van der Waals surface area contributed by atoms with Crippen molar-refractivity contribution in [3.63, 3.8) is 0 Å². The Balaban J connectivity index is 0.000000160. The highest BCUT2D eigenvalue weighted by Crippen LogP contribution is 2.58. The van der Waals surface area contributed by atoms with Crippen molar-refractivity contribution >= 4 is 17.3 Å². The Morgan fingerprint density at radius 2 is 1.77 bits per heavy atom. The highest BCUT2D eigenvalue weighted by molar-refractivity contribution is 6.30. The van der Waals surface area contributed by atoms with Crippen LogP contribution in [0.15, 0.2) is 48.5 Å². The number of rotatable bonds is 3. The van der Waals surface area contributed by atoms with Crippen LogP contribution in [0.3, 0.4) is 0 Å². The van der Waals surface area contributed by atoms with Crippen LogP contribution in [0.1, 0.15) is 31.7 Å². The Bertz CT molecular complexity index is 610. The van der Waals surface area contributed by atoms with Crippen molar-refractivity contribution in [2.45, 2.75) is 26.2 Å².